The summed E-state index contributed by atoms with van der Waals surface area (Å²) in [5.41, 5.74) is 0. The van der Waals surface area contributed by atoms with Gasteiger partial charge in [-0.2, -0.15) is 61.5 Å². The summed E-state index contributed by atoms with van der Waals surface area (Å²) in [4.78, 5) is 0. The van der Waals surface area contributed by atoms with Gasteiger partial charge in [-0.25, -0.2) is 9.47 Å². The number of hydrogen-bond donors (Lipinski definition) is 0. The third-order valence-electron chi connectivity index (χ3n) is 2.01. The second kappa shape index (κ2) is 7.84. The third kappa shape index (κ3) is 5.79. The number of alkyl halides is 10. The highest BCUT2D eigenvalue weighted by atomic mass is 19.4. The zero-order chi connectivity index (χ0) is 22.9. The van der Waals surface area contributed by atoms with Crippen molar-refractivity contribution in [3.63, 3.8) is 0 Å². The minimum Gasteiger partial charge on any atom is -0.378 e. The normalized spacial score (nSPS) is 14.0. The highest BCUT2D eigenvalue weighted by Crippen LogP contribution is 2.51. The quantitative estimate of drug-likeness (QED) is 0.236. The minimum atomic E-state index is -7.66. The molecule has 3 nitrogen and oxygen atoms in total. The largest absolute Gasteiger partial charge is 0.542 e. The minimum absolute atomic E-state index is 1.55. The van der Waals surface area contributed by atoms with E-state index in [1.807, 2.05) is 4.74 Å². The van der Waals surface area contributed by atoms with Crippen LogP contribution < -0.4 is 0 Å². The van der Waals surface area contributed by atoms with Crippen molar-refractivity contribution < 1.29 is 84.5 Å². The van der Waals surface area contributed by atoms with Crippen LogP contribution in [0.1, 0.15) is 0 Å². The lowest BCUT2D eigenvalue weighted by Gasteiger charge is -2.33. The summed E-state index contributed by atoms with van der Waals surface area (Å²) in [6.07, 6.45) is -36.0. The van der Waals surface area contributed by atoms with E-state index in [1.165, 1.54) is 0 Å². The van der Waals surface area contributed by atoms with Crippen molar-refractivity contribution in [3.8, 4) is 0 Å². The topological polar surface area (TPSA) is 27.7 Å². The van der Waals surface area contributed by atoms with Crippen molar-refractivity contribution in [2.75, 3.05) is 0 Å². The highest BCUT2D eigenvalue weighted by Gasteiger charge is 2.79. The van der Waals surface area contributed by atoms with Gasteiger partial charge in [0.2, 0.25) is 0 Å². The van der Waals surface area contributed by atoms with Gasteiger partial charge in [-0.3, -0.25) is 0 Å². The number of hydrogen-bond acceptors (Lipinski definition) is 3. The maximum absolute atomic E-state index is 12.9. The fourth-order valence-corrected chi connectivity index (χ4v) is 0.926. The Morgan fingerprint density at radius 1 is 0.536 bits per heavy atom. The van der Waals surface area contributed by atoms with Crippen LogP contribution in [0.4, 0.5) is 70.2 Å². The maximum atomic E-state index is 12.9. The summed E-state index contributed by atoms with van der Waals surface area (Å²) in [5.74, 6) is -11.9. The second-order valence-electron chi connectivity index (χ2n) is 4.00. The van der Waals surface area contributed by atoms with Crippen LogP contribution in [-0.4, -0.2) is 30.5 Å². The molecule has 0 rings (SSSR count). The molecule has 0 aliphatic rings. The Bertz CT molecular complexity index is 629. The van der Waals surface area contributed by atoms with E-state index in [0.29, 0.717) is 0 Å². The lowest BCUT2D eigenvalue weighted by molar-refractivity contribution is -0.535. The summed E-state index contributed by atoms with van der Waals surface area (Å²) in [6.45, 7) is 0. The Morgan fingerprint density at radius 3 is 1.29 bits per heavy atom. The van der Waals surface area contributed by atoms with Gasteiger partial charge in [0.05, 0.1) is 0 Å². The van der Waals surface area contributed by atoms with Crippen LogP contribution in [0.25, 0.3) is 0 Å². The second-order valence-corrected chi connectivity index (χ2v) is 4.00. The van der Waals surface area contributed by atoms with Crippen LogP contribution in [0.3, 0.4) is 0 Å². The van der Waals surface area contributed by atoms with Crippen LogP contribution in [0.5, 0.6) is 0 Å². The average Bonchev–Trinajstić information content (AvgIpc) is 2.42. The monoisotopic (exact) mass is 460 g/mol. The first-order valence-electron chi connectivity index (χ1n) is 5.50. The zero-order valence-corrected chi connectivity index (χ0v) is 11.8. The smallest absolute Gasteiger partial charge is 0.378 e. The first-order valence-corrected chi connectivity index (χ1v) is 5.50. The summed E-state index contributed by atoms with van der Waals surface area (Å²) < 4.78 is 203. The molecule has 28 heavy (non-hydrogen) atoms. The molecule has 0 aromatic heterocycles. The molecule has 0 N–H and O–H groups in total. The number of halogens is 16. The van der Waals surface area contributed by atoms with E-state index in [9.17, 15) is 70.2 Å². The molecular formula is C9F16O3. The first kappa shape index (κ1) is 26.1. The van der Waals surface area contributed by atoms with Crippen molar-refractivity contribution >= 4 is 0 Å². The first-order chi connectivity index (χ1) is 12.1. The van der Waals surface area contributed by atoms with Gasteiger partial charge in [0.1, 0.15) is 0 Å². The Hall–Kier alpha value is -1.92. The van der Waals surface area contributed by atoms with Crippen molar-refractivity contribution in [2.24, 2.45) is 0 Å². The molecule has 0 aliphatic carbocycles. The van der Waals surface area contributed by atoms with E-state index in [-0.39, 0.29) is 0 Å². The SMILES string of the molecule is FC(F)=C(F)OC(F)(F)OC(F)(F)C(F)(F)C(F)(F)OC(F)(F)C(F)=C(F)F. The zero-order valence-electron chi connectivity index (χ0n) is 11.8. The summed E-state index contributed by atoms with van der Waals surface area (Å²) in [5, 5.41) is 0. The van der Waals surface area contributed by atoms with Crippen molar-refractivity contribution in [2.45, 2.75) is 30.5 Å². The number of ether oxygens (including phenoxy) is 3. The molecule has 0 atom stereocenters. The molecule has 0 amide bonds. The van der Waals surface area contributed by atoms with E-state index in [1.54, 1.807) is 9.47 Å². The third-order valence-corrected chi connectivity index (χ3v) is 2.01. The van der Waals surface area contributed by atoms with Gasteiger partial charge in [-0.15, -0.1) is 8.78 Å². The average molecular weight is 460 g/mol. The predicted molar refractivity (Wildman–Crippen MR) is 48.7 cm³/mol. The van der Waals surface area contributed by atoms with E-state index < -0.39 is 54.5 Å². The van der Waals surface area contributed by atoms with Gasteiger partial charge in [0, 0.05) is 0 Å². The van der Waals surface area contributed by atoms with Gasteiger partial charge in [0.15, 0.2) is 0 Å². The molecule has 0 heterocycles. The van der Waals surface area contributed by atoms with E-state index in [2.05, 4.69) is 0 Å². The molecule has 0 saturated heterocycles. The van der Waals surface area contributed by atoms with Crippen molar-refractivity contribution in [1.82, 2.24) is 0 Å². The summed E-state index contributed by atoms with van der Waals surface area (Å²) in [6, 6.07) is -3.70. The van der Waals surface area contributed by atoms with Gasteiger partial charge in [-0.05, 0) is 0 Å². The molecule has 0 fully saturated rings. The van der Waals surface area contributed by atoms with Crippen LogP contribution in [0.2, 0.25) is 0 Å². The van der Waals surface area contributed by atoms with E-state index >= 15 is 0 Å². The Balaban J connectivity index is 5.81. The molecular weight excluding hydrogens is 460 g/mol. The lowest BCUT2D eigenvalue weighted by atomic mass is 10.3. The van der Waals surface area contributed by atoms with Gasteiger partial charge in [0.25, 0.3) is 5.83 Å². The highest BCUT2D eigenvalue weighted by molar-refractivity contribution is 5.01. The molecule has 0 aromatic rings. The van der Waals surface area contributed by atoms with Crippen LogP contribution in [0.15, 0.2) is 24.0 Å². The van der Waals surface area contributed by atoms with Gasteiger partial charge in [-0.1, -0.05) is 0 Å². The van der Waals surface area contributed by atoms with Crippen molar-refractivity contribution in [3.05, 3.63) is 24.0 Å². The number of rotatable bonds is 9. The molecule has 0 saturated carbocycles. The summed E-state index contributed by atoms with van der Waals surface area (Å²) >= 11 is 0. The molecule has 0 unspecified atom stereocenters. The standard InChI is InChI=1S/C9F16O3/c10-1(2(11)12)5(16,17)27-7(20,21)6(18,19)8(22,23)28-9(24,25)26-4(15)3(13)14. The molecule has 0 spiro atoms. The lowest BCUT2D eigenvalue weighted by Crippen LogP contribution is -2.60. The fraction of sp³-hybridized carbons (Fsp3) is 0.556. The molecule has 0 aliphatic heterocycles. The summed E-state index contributed by atoms with van der Waals surface area (Å²) in [7, 11) is 0. The van der Waals surface area contributed by atoms with Crippen LogP contribution >= 0.6 is 0 Å². The van der Waals surface area contributed by atoms with Gasteiger partial charge < -0.3 is 4.74 Å². The Labute approximate surface area is 140 Å². The fourth-order valence-electron chi connectivity index (χ4n) is 0.926. The molecule has 0 aromatic carbocycles. The predicted octanol–water partition coefficient (Wildman–Crippen LogP) is 6.11. The molecule has 166 valence electrons. The molecule has 0 bridgehead atoms. The van der Waals surface area contributed by atoms with Gasteiger partial charge >= 0.3 is 48.7 Å². The Kier molecular flexibility index (Phi) is 7.30. The Morgan fingerprint density at radius 2 is 0.929 bits per heavy atom. The van der Waals surface area contributed by atoms with Crippen LogP contribution in [-0.2, 0) is 14.2 Å². The van der Waals surface area contributed by atoms with Crippen LogP contribution in [0, 0.1) is 0 Å². The van der Waals surface area contributed by atoms with Crippen molar-refractivity contribution in [1.29, 1.82) is 0 Å². The van der Waals surface area contributed by atoms with E-state index in [0.717, 1.165) is 0 Å². The van der Waals surface area contributed by atoms with E-state index in [4.69, 9.17) is 0 Å². The molecule has 19 heteroatoms. The molecule has 0 radical (unpaired) electrons. The maximum Gasteiger partial charge on any atom is 0.542 e.